The standard InChI is InChI=1S/C19H26N6OS/c1-12-11-26-10-9-24(12)19-14-5-8-25(27-2)18(14)13-3-6-20-17(16(13)22-19)15-4-7-21-23-15/h3,6,12,15,21,23H,4-5,7-11H2,1-2H3. The maximum absolute atomic E-state index is 5.67. The van der Waals surface area contributed by atoms with Gasteiger partial charge in [0.1, 0.15) is 5.82 Å². The van der Waals surface area contributed by atoms with E-state index in [1.165, 1.54) is 16.6 Å². The molecule has 0 saturated carbocycles. The molecule has 3 aliphatic heterocycles. The molecule has 5 rings (SSSR count). The lowest BCUT2D eigenvalue weighted by molar-refractivity contribution is 0.0985. The van der Waals surface area contributed by atoms with Gasteiger partial charge in [0.25, 0.3) is 0 Å². The Kier molecular flexibility index (Phi) is 4.59. The minimum Gasteiger partial charge on any atom is -0.377 e. The van der Waals surface area contributed by atoms with Gasteiger partial charge >= 0.3 is 0 Å². The van der Waals surface area contributed by atoms with E-state index in [2.05, 4.69) is 39.3 Å². The predicted octanol–water partition coefficient (Wildman–Crippen LogP) is 2.03. The molecule has 7 nitrogen and oxygen atoms in total. The highest BCUT2D eigenvalue weighted by atomic mass is 32.2. The molecule has 2 aromatic heterocycles. The zero-order valence-electron chi connectivity index (χ0n) is 15.9. The van der Waals surface area contributed by atoms with Crippen molar-refractivity contribution in [2.75, 3.05) is 48.3 Å². The number of hydrazine groups is 1. The number of ether oxygens (including phenoxy) is 1. The van der Waals surface area contributed by atoms with E-state index in [1.807, 2.05) is 6.20 Å². The summed E-state index contributed by atoms with van der Waals surface area (Å²) in [6.45, 7) is 6.63. The van der Waals surface area contributed by atoms with Crippen LogP contribution in [0.15, 0.2) is 12.3 Å². The van der Waals surface area contributed by atoms with Crippen molar-refractivity contribution in [3.8, 4) is 0 Å². The van der Waals surface area contributed by atoms with Crippen molar-refractivity contribution in [3.63, 3.8) is 0 Å². The SMILES string of the molecule is CSN1CCc2c(N3CCOCC3C)nc3c(C4CCNN4)nccc3c21. The summed E-state index contributed by atoms with van der Waals surface area (Å²) in [7, 11) is 0. The molecule has 144 valence electrons. The van der Waals surface area contributed by atoms with E-state index < -0.39 is 0 Å². The summed E-state index contributed by atoms with van der Waals surface area (Å²) in [5.41, 5.74) is 11.4. The highest BCUT2D eigenvalue weighted by Crippen LogP contribution is 2.44. The lowest BCUT2D eigenvalue weighted by atomic mass is 10.0. The molecule has 0 amide bonds. The van der Waals surface area contributed by atoms with Gasteiger partial charge in [0.2, 0.25) is 0 Å². The van der Waals surface area contributed by atoms with Crippen LogP contribution < -0.4 is 20.1 Å². The lowest BCUT2D eigenvalue weighted by Gasteiger charge is -2.36. The number of anilines is 2. The van der Waals surface area contributed by atoms with Gasteiger partial charge in [-0.25, -0.2) is 10.4 Å². The van der Waals surface area contributed by atoms with Crippen molar-refractivity contribution in [2.24, 2.45) is 0 Å². The van der Waals surface area contributed by atoms with Crippen LogP contribution in [0.2, 0.25) is 0 Å². The third-order valence-electron chi connectivity index (χ3n) is 5.82. The molecule has 2 aromatic rings. The van der Waals surface area contributed by atoms with Crippen molar-refractivity contribution >= 4 is 34.4 Å². The van der Waals surface area contributed by atoms with Crippen molar-refractivity contribution in [1.29, 1.82) is 0 Å². The third-order valence-corrected chi connectivity index (χ3v) is 6.63. The van der Waals surface area contributed by atoms with Gasteiger partial charge in [-0.05, 0) is 25.8 Å². The quantitative estimate of drug-likeness (QED) is 0.777. The van der Waals surface area contributed by atoms with E-state index in [-0.39, 0.29) is 6.04 Å². The number of hydrogen-bond donors (Lipinski definition) is 2. The van der Waals surface area contributed by atoms with Crippen LogP contribution in [0.1, 0.15) is 30.6 Å². The summed E-state index contributed by atoms with van der Waals surface area (Å²) in [6.07, 6.45) is 6.16. The van der Waals surface area contributed by atoms with Crippen LogP contribution in [0, 0.1) is 0 Å². The fraction of sp³-hybridized carbons (Fsp3) is 0.579. The normalized spacial score (nSPS) is 25.4. The molecule has 0 aliphatic carbocycles. The molecular formula is C19H26N6OS. The van der Waals surface area contributed by atoms with Gasteiger partial charge in [0, 0.05) is 43.0 Å². The molecule has 0 aromatic carbocycles. The van der Waals surface area contributed by atoms with E-state index in [1.54, 1.807) is 11.9 Å². The van der Waals surface area contributed by atoms with Gasteiger partial charge in [0.15, 0.2) is 0 Å². The number of fused-ring (bicyclic) bond motifs is 3. The summed E-state index contributed by atoms with van der Waals surface area (Å²) >= 11 is 1.80. The van der Waals surface area contributed by atoms with Gasteiger partial charge in [0.05, 0.1) is 42.2 Å². The van der Waals surface area contributed by atoms with E-state index in [9.17, 15) is 0 Å². The minimum atomic E-state index is 0.207. The molecule has 8 heteroatoms. The molecule has 2 saturated heterocycles. The first-order valence-electron chi connectivity index (χ1n) is 9.74. The van der Waals surface area contributed by atoms with Gasteiger partial charge in [-0.15, -0.1) is 0 Å². The van der Waals surface area contributed by atoms with Crippen LogP contribution in [-0.2, 0) is 11.2 Å². The van der Waals surface area contributed by atoms with Crippen LogP contribution in [0.5, 0.6) is 0 Å². The molecule has 2 unspecified atom stereocenters. The molecule has 0 bridgehead atoms. The summed E-state index contributed by atoms with van der Waals surface area (Å²) in [4.78, 5) is 12.4. The Balaban J connectivity index is 1.73. The maximum Gasteiger partial charge on any atom is 0.135 e. The highest BCUT2D eigenvalue weighted by molar-refractivity contribution is 8.00. The Morgan fingerprint density at radius 3 is 3.04 bits per heavy atom. The first-order chi connectivity index (χ1) is 13.3. The summed E-state index contributed by atoms with van der Waals surface area (Å²) in [5, 5.41) is 1.22. The van der Waals surface area contributed by atoms with Crippen LogP contribution >= 0.6 is 11.9 Å². The van der Waals surface area contributed by atoms with Gasteiger partial charge in [-0.3, -0.25) is 10.4 Å². The van der Waals surface area contributed by atoms with Crippen molar-refractivity contribution < 1.29 is 4.74 Å². The zero-order valence-corrected chi connectivity index (χ0v) is 16.7. The minimum absolute atomic E-state index is 0.207. The second-order valence-electron chi connectivity index (χ2n) is 7.42. The number of nitrogens with zero attached hydrogens (tertiary/aromatic N) is 4. The van der Waals surface area contributed by atoms with Gasteiger partial charge < -0.3 is 13.9 Å². The first-order valence-corrected chi connectivity index (χ1v) is 10.9. The molecule has 5 heterocycles. The van der Waals surface area contributed by atoms with Crippen molar-refractivity contribution in [1.82, 2.24) is 20.8 Å². The van der Waals surface area contributed by atoms with Crippen LogP contribution in [0.4, 0.5) is 11.5 Å². The fourth-order valence-electron chi connectivity index (χ4n) is 4.47. The second kappa shape index (κ2) is 7.09. The van der Waals surface area contributed by atoms with Crippen LogP contribution in [0.25, 0.3) is 10.9 Å². The third kappa shape index (κ3) is 2.86. The smallest absolute Gasteiger partial charge is 0.135 e. The number of pyridine rings is 2. The summed E-state index contributed by atoms with van der Waals surface area (Å²) in [6, 6.07) is 2.68. The number of morpholine rings is 1. The van der Waals surface area contributed by atoms with Crippen LogP contribution in [0.3, 0.4) is 0 Å². The van der Waals surface area contributed by atoms with Crippen LogP contribution in [-0.4, -0.2) is 55.1 Å². The molecule has 27 heavy (non-hydrogen) atoms. The Hall–Kier alpha value is -1.61. The number of nitrogens with one attached hydrogen (secondary N) is 2. The molecule has 3 aliphatic rings. The lowest BCUT2D eigenvalue weighted by Crippen LogP contribution is -2.44. The number of rotatable bonds is 3. The van der Waals surface area contributed by atoms with Gasteiger partial charge in [-0.1, -0.05) is 11.9 Å². The number of hydrogen-bond acceptors (Lipinski definition) is 8. The van der Waals surface area contributed by atoms with E-state index in [0.717, 1.165) is 62.7 Å². The summed E-state index contributed by atoms with van der Waals surface area (Å²) < 4.78 is 8.09. The molecule has 2 N–H and O–H groups in total. The van der Waals surface area contributed by atoms with Crippen molar-refractivity contribution in [2.45, 2.75) is 31.8 Å². The van der Waals surface area contributed by atoms with Crippen molar-refractivity contribution in [3.05, 3.63) is 23.5 Å². The Morgan fingerprint density at radius 1 is 1.33 bits per heavy atom. The Morgan fingerprint density at radius 2 is 2.26 bits per heavy atom. The molecule has 0 radical (unpaired) electrons. The topological polar surface area (TPSA) is 65.6 Å². The predicted molar refractivity (Wildman–Crippen MR) is 110 cm³/mol. The largest absolute Gasteiger partial charge is 0.377 e. The Labute approximate surface area is 164 Å². The summed E-state index contributed by atoms with van der Waals surface area (Å²) in [5.74, 6) is 1.13. The Bertz CT molecular complexity index is 856. The fourth-order valence-corrected chi connectivity index (χ4v) is 5.13. The molecule has 2 fully saturated rings. The molecule has 0 spiro atoms. The van der Waals surface area contributed by atoms with E-state index in [0.29, 0.717) is 6.04 Å². The second-order valence-corrected chi connectivity index (χ2v) is 8.23. The van der Waals surface area contributed by atoms with E-state index in [4.69, 9.17) is 14.7 Å². The molecule has 2 atom stereocenters. The average Bonchev–Trinajstić information content (AvgIpc) is 3.37. The highest BCUT2D eigenvalue weighted by Gasteiger charge is 2.32. The monoisotopic (exact) mass is 386 g/mol. The van der Waals surface area contributed by atoms with E-state index >= 15 is 0 Å². The maximum atomic E-state index is 5.67. The molecular weight excluding hydrogens is 360 g/mol. The first kappa shape index (κ1) is 17.5. The van der Waals surface area contributed by atoms with Gasteiger partial charge in [-0.2, -0.15) is 0 Å². The zero-order chi connectivity index (χ0) is 18.4. The average molecular weight is 387 g/mol. The number of aromatic nitrogens is 2.